The van der Waals surface area contributed by atoms with Crippen molar-refractivity contribution >= 4 is 65.0 Å². The Bertz CT molecular complexity index is 1260. The Balaban J connectivity index is 1.77. The van der Waals surface area contributed by atoms with Crippen molar-refractivity contribution in [1.82, 2.24) is 4.98 Å². The number of rotatable bonds is 6. The lowest BCUT2D eigenvalue weighted by Crippen LogP contribution is -2.14. The van der Waals surface area contributed by atoms with E-state index in [-0.39, 0.29) is 5.91 Å². The van der Waals surface area contributed by atoms with Gasteiger partial charge in [-0.2, -0.15) is 0 Å². The van der Waals surface area contributed by atoms with E-state index in [9.17, 15) is 4.79 Å². The van der Waals surface area contributed by atoms with E-state index in [0.29, 0.717) is 28.5 Å². The highest BCUT2D eigenvalue weighted by atomic mass is 79.9. The summed E-state index contributed by atoms with van der Waals surface area (Å²) in [6.45, 7) is 0. The molecule has 0 bridgehead atoms. The number of halogens is 2. The van der Waals surface area contributed by atoms with Crippen LogP contribution in [0.2, 0.25) is 0 Å². The Hall–Kier alpha value is -2.62. The summed E-state index contributed by atoms with van der Waals surface area (Å²) in [5.74, 6) is 0.901. The second kappa shape index (κ2) is 9.48. The minimum absolute atomic E-state index is 0.324. The molecule has 4 rings (SSSR count). The molecule has 9 heteroatoms. The van der Waals surface area contributed by atoms with E-state index in [4.69, 9.17) is 19.2 Å². The summed E-state index contributed by atoms with van der Waals surface area (Å²) >= 11 is 8.68. The molecule has 0 unspecified atom stereocenters. The Morgan fingerprint density at radius 1 is 0.969 bits per heavy atom. The van der Waals surface area contributed by atoms with Crippen LogP contribution in [-0.2, 0) is 0 Å². The molecule has 3 aromatic carbocycles. The molecule has 6 nitrogen and oxygen atoms in total. The molecule has 0 atom stereocenters. The number of nitrogens with one attached hydrogen (secondary N) is 1. The van der Waals surface area contributed by atoms with Gasteiger partial charge in [-0.15, -0.1) is 11.3 Å². The predicted octanol–water partition coefficient (Wildman–Crippen LogP) is 6.77. The molecule has 1 heterocycles. The van der Waals surface area contributed by atoms with Crippen molar-refractivity contribution in [2.45, 2.75) is 0 Å². The highest BCUT2D eigenvalue weighted by Crippen LogP contribution is 2.42. The van der Waals surface area contributed by atoms with E-state index in [1.807, 2.05) is 36.4 Å². The maximum absolute atomic E-state index is 13.2. The first-order valence-corrected chi connectivity index (χ1v) is 11.8. The Labute approximate surface area is 205 Å². The molecular formula is C23H18Br2N2O4S. The number of thiazole rings is 1. The van der Waals surface area contributed by atoms with Crippen LogP contribution >= 0.6 is 43.2 Å². The van der Waals surface area contributed by atoms with E-state index in [1.54, 1.807) is 23.5 Å². The molecule has 1 N–H and O–H groups in total. The van der Waals surface area contributed by atoms with Gasteiger partial charge >= 0.3 is 0 Å². The third-order valence-electron chi connectivity index (χ3n) is 4.74. The zero-order valence-corrected chi connectivity index (χ0v) is 21.4. The maximum atomic E-state index is 13.2. The summed E-state index contributed by atoms with van der Waals surface area (Å²) < 4.78 is 18.8. The minimum Gasteiger partial charge on any atom is -0.493 e. The molecule has 1 aromatic heterocycles. The molecule has 0 saturated heterocycles. The van der Waals surface area contributed by atoms with E-state index in [2.05, 4.69) is 37.2 Å². The van der Waals surface area contributed by atoms with Crippen LogP contribution in [0.15, 0.2) is 57.5 Å². The SMILES string of the molecule is COc1cc(C(=O)Nc2c(Br)cc(Br)cc2-c2nc3ccccc3s2)cc(OC)c1OC. The number of carbonyl (C=O) groups is 1. The van der Waals surface area contributed by atoms with Gasteiger partial charge in [0.15, 0.2) is 11.5 Å². The second-order valence-corrected chi connectivity index (χ2v) is 9.47. The highest BCUT2D eigenvalue weighted by molar-refractivity contribution is 9.11. The number of amides is 1. The number of carbonyl (C=O) groups excluding carboxylic acids is 1. The van der Waals surface area contributed by atoms with E-state index in [1.165, 1.54) is 21.3 Å². The summed E-state index contributed by atoms with van der Waals surface area (Å²) in [5.41, 5.74) is 2.69. The van der Waals surface area contributed by atoms with Gasteiger partial charge in [-0.1, -0.05) is 28.1 Å². The highest BCUT2D eigenvalue weighted by Gasteiger charge is 2.21. The van der Waals surface area contributed by atoms with Crippen molar-refractivity contribution in [1.29, 1.82) is 0 Å². The van der Waals surface area contributed by atoms with Crippen molar-refractivity contribution in [2.75, 3.05) is 26.6 Å². The Morgan fingerprint density at radius 2 is 1.66 bits per heavy atom. The summed E-state index contributed by atoms with van der Waals surface area (Å²) in [4.78, 5) is 18.0. The quantitative estimate of drug-likeness (QED) is 0.274. The van der Waals surface area contributed by atoms with Crippen LogP contribution in [0.25, 0.3) is 20.8 Å². The molecule has 0 spiro atoms. The fraction of sp³-hybridized carbons (Fsp3) is 0.130. The van der Waals surface area contributed by atoms with Crippen LogP contribution in [-0.4, -0.2) is 32.2 Å². The van der Waals surface area contributed by atoms with Crippen LogP contribution in [0.3, 0.4) is 0 Å². The van der Waals surface area contributed by atoms with Gasteiger partial charge in [0.05, 0.1) is 37.2 Å². The largest absolute Gasteiger partial charge is 0.493 e. The van der Waals surface area contributed by atoms with E-state index in [0.717, 1.165) is 29.7 Å². The monoisotopic (exact) mass is 576 g/mol. The first-order chi connectivity index (χ1) is 15.4. The molecule has 0 aliphatic heterocycles. The van der Waals surface area contributed by atoms with Gasteiger partial charge in [0.25, 0.3) is 5.91 Å². The summed E-state index contributed by atoms with van der Waals surface area (Å²) in [6.07, 6.45) is 0. The molecular weight excluding hydrogens is 560 g/mol. The van der Waals surface area contributed by atoms with Crippen LogP contribution in [0.4, 0.5) is 5.69 Å². The van der Waals surface area contributed by atoms with E-state index < -0.39 is 0 Å². The first kappa shape index (κ1) is 22.6. The number of para-hydroxylation sites is 1. The maximum Gasteiger partial charge on any atom is 0.255 e. The van der Waals surface area contributed by atoms with Gasteiger partial charge in [0.2, 0.25) is 5.75 Å². The van der Waals surface area contributed by atoms with Crippen molar-refractivity contribution in [3.8, 4) is 27.8 Å². The number of anilines is 1. The molecule has 0 radical (unpaired) electrons. The van der Waals surface area contributed by atoms with Gasteiger partial charge in [0, 0.05) is 20.1 Å². The minimum atomic E-state index is -0.324. The Kier molecular flexibility index (Phi) is 6.68. The van der Waals surface area contributed by atoms with E-state index >= 15 is 0 Å². The number of methoxy groups -OCH3 is 3. The molecule has 164 valence electrons. The molecule has 4 aromatic rings. The lowest BCUT2D eigenvalue weighted by atomic mass is 10.1. The zero-order chi connectivity index (χ0) is 22.8. The van der Waals surface area contributed by atoms with Crippen molar-refractivity contribution in [2.24, 2.45) is 0 Å². The lowest BCUT2D eigenvalue weighted by molar-refractivity contribution is 0.102. The second-order valence-electron chi connectivity index (χ2n) is 6.67. The summed E-state index contributed by atoms with van der Waals surface area (Å²) in [5, 5.41) is 3.81. The number of ether oxygens (including phenoxy) is 3. The number of nitrogens with zero attached hydrogens (tertiary/aromatic N) is 1. The zero-order valence-electron chi connectivity index (χ0n) is 17.4. The van der Waals surface area contributed by atoms with Gasteiger partial charge in [-0.25, -0.2) is 4.98 Å². The fourth-order valence-corrected chi connectivity index (χ4v) is 5.57. The Morgan fingerprint density at radius 3 is 2.28 bits per heavy atom. The molecule has 0 fully saturated rings. The van der Waals surface area contributed by atoms with Gasteiger partial charge in [-0.05, 0) is 52.3 Å². The van der Waals surface area contributed by atoms with Crippen molar-refractivity contribution in [3.05, 3.63) is 63.0 Å². The third-order valence-corrected chi connectivity index (χ3v) is 6.90. The van der Waals surface area contributed by atoms with Gasteiger partial charge < -0.3 is 19.5 Å². The molecule has 0 aliphatic carbocycles. The topological polar surface area (TPSA) is 69.7 Å². The predicted molar refractivity (Wildman–Crippen MR) is 135 cm³/mol. The van der Waals surface area contributed by atoms with Crippen LogP contribution in [0.5, 0.6) is 17.2 Å². The van der Waals surface area contributed by atoms with Crippen molar-refractivity contribution < 1.29 is 19.0 Å². The molecule has 0 aliphatic rings. The fourth-order valence-electron chi connectivity index (χ4n) is 3.25. The third kappa shape index (κ3) is 4.32. The van der Waals surface area contributed by atoms with Crippen LogP contribution < -0.4 is 19.5 Å². The van der Waals surface area contributed by atoms with Gasteiger partial charge in [0.1, 0.15) is 5.01 Å². The smallest absolute Gasteiger partial charge is 0.255 e. The van der Waals surface area contributed by atoms with Gasteiger partial charge in [-0.3, -0.25) is 4.79 Å². The number of fused-ring (bicyclic) bond motifs is 1. The average molecular weight is 578 g/mol. The molecule has 0 saturated carbocycles. The number of benzene rings is 3. The average Bonchev–Trinajstić information content (AvgIpc) is 3.23. The standard InChI is InChI=1S/C23H18Br2N2O4S/c1-29-17-8-12(9-18(30-2)21(17)31-3)22(28)27-20-14(10-13(24)11-15(20)25)23-26-16-6-4-5-7-19(16)32-23/h4-11H,1-3H3,(H,27,28). The van der Waals surface area contributed by atoms with Crippen LogP contribution in [0, 0.1) is 0 Å². The summed E-state index contributed by atoms with van der Waals surface area (Å²) in [6, 6.07) is 15.0. The number of hydrogen-bond donors (Lipinski definition) is 1. The lowest BCUT2D eigenvalue weighted by Gasteiger charge is -2.16. The number of aromatic nitrogens is 1. The summed E-state index contributed by atoms with van der Waals surface area (Å²) in [7, 11) is 4.54. The molecule has 32 heavy (non-hydrogen) atoms. The van der Waals surface area contributed by atoms with Crippen LogP contribution in [0.1, 0.15) is 10.4 Å². The van der Waals surface area contributed by atoms with Crippen molar-refractivity contribution in [3.63, 3.8) is 0 Å². The molecule has 1 amide bonds. The number of hydrogen-bond acceptors (Lipinski definition) is 6. The first-order valence-electron chi connectivity index (χ1n) is 9.41. The normalized spacial score (nSPS) is 10.8.